The minimum Gasteiger partial charge on any atom is -0.399 e. The second-order valence-electron chi connectivity index (χ2n) is 6.51. The van der Waals surface area contributed by atoms with Gasteiger partial charge in [0.2, 0.25) is 5.91 Å². The maximum Gasteiger partial charge on any atom is 0.255 e. The van der Waals surface area contributed by atoms with E-state index < -0.39 is 0 Å². The van der Waals surface area contributed by atoms with Crippen molar-refractivity contribution in [3.8, 4) is 0 Å². The lowest BCUT2D eigenvalue weighted by Crippen LogP contribution is -2.35. The molecule has 144 valence electrons. The minimum atomic E-state index is -0.152. The number of nitrogens with zero attached hydrogens (tertiary/aromatic N) is 1. The van der Waals surface area contributed by atoms with Gasteiger partial charge in [-0.2, -0.15) is 0 Å². The number of carbonyl (C=O) groups excluding carboxylic acids is 2. The molecule has 2 aromatic rings. The van der Waals surface area contributed by atoms with Gasteiger partial charge in [0.15, 0.2) is 0 Å². The number of hydrogen-bond donors (Lipinski definition) is 2. The average molecular weight is 408 g/mol. The molecular formula is C20H23Cl2N3O2. The van der Waals surface area contributed by atoms with Gasteiger partial charge in [-0.1, -0.05) is 23.7 Å². The molecule has 0 spiro atoms. The van der Waals surface area contributed by atoms with E-state index in [2.05, 4.69) is 5.32 Å². The van der Waals surface area contributed by atoms with Crippen molar-refractivity contribution in [3.05, 3.63) is 58.6 Å². The van der Waals surface area contributed by atoms with Crippen molar-refractivity contribution < 1.29 is 9.59 Å². The van der Waals surface area contributed by atoms with E-state index in [0.717, 1.165) is 37.9 Å². The van der Waals surface area contributed by atoms with Crippen LogP contribution in [0, 0.1) is 0 Å². The SMILES string of the molecule is Cl.Nc1ccc(CC(=O)Nc2ccc(C(=O)N3CCCCC3)c(Cl)c2)cc1. The van der Waals surface area contributed by atoms with Gasteiger partial charge in [-0.25, -0.2) is 0 Å². The highest BCUT2D eigenvalue weighted by Gasteiger charge is 2.20. The van der Waals surface area contributed by atoms with Gasteiger partial charge in [-0.3, -0.25) is 9.59 Å². The van der Waals surface area contributed by atoms with Crippen LogP contribution in [0.1, 0.15) is 35.2 Å². The van der Waals surface area contributed by atoms with E-state index in [4.69, 9.17) is 17.3 Å². The minimum absolute atomic E-state index is 0. The first-order valence-corrected chi connectivity index (χ1v) is 9.14. The standard InChI is InChI=1S/C20H22ClN3O2.ClH/c21-18-13-16(23-19(25)12-14-4-6-15(22)7-5-14)8-9-17(18)20(26)24-10-2-1-3-11-24;/h4-9,13H,1-3,10-12,22H2,(H,23,25);1H. The number of halogens is 2. The number of nitrogens with two attached hydrogens (primary N) is 1. The molecule has 7 heteroatoms. The normalized spacial score (nSPS) is 13.6. The highest BCUT2D eigenvalue weighted by atomic mass is 35.5. The van der Waals surface area contributed by atoms with Crippen LogP contribution >= 0.6 is 24.0 Å². The molecule has 0 radical (unpaired) electrons. The molecule has 5 nitrogen and oxygen atoms in total. The van der Waals surface area contributed by atoms with Crippen LogP contribution < -0.4 is 11.1 Å². The van der Waals surface area contributed by atoms with Crippen LogP contribution in [-0.4, -0.2) is 29.8 Å². The number of nitrogens with one attached hydrogen (secondary N) is 1. The molecule has 0 bridgehead atoms. The first-order chi connectivity index (χ1) is 12.5. The lowest BCUT2D eigenvalue weighted by Gasteiger charge is -2.27. The number of nitrogen functional groups attached to an aromatic ring is 1. The lowest BCUT2D eigenvalue weighted by molar-refractivity contribution is -0.115. The van der Waals surface area contributed by atoms with Crippen molar-refractivity contribution >= 4 is 47.2 Å². The number of amides is 2. The predicted octanol–water partition coefficient (Wildman–Crippen LogP) is 4.15. The Balaban J connectivity index is 0.00000261. The van der Waals surface area contributed by atoms with Crippen molar-refractivity contribution in [2.75, 3.05) is 24.1 Å². The summed E-state index contributed by atoms with van der Waals surface area (Å²) in [6, 6.07) is 12.2. The number of anilines is 2. The van der Waals surface area contributed by atoms with Crippen LogP contribution in [0.2, 0.25) is 5.02 Å². The van der Waals surface area contributed by atoms with Crippen molar-refractivity contribution in [2.45, 2.75) is 25.7 Å². The average Bonchev–Trinajstić information content (AvgIpc) is 2.64. The predicted molar refractivity (Wildman–Crippen MR) is 112 cm³/mol. The zero-order chi connectivity index (χ0) is 18.5. The summed E-state index contributed by atoms with van der Waals surface area (Å²) in [4.78, 5) is 26.6. The third-order valence-electron chi connectivity index (χ3n) is 4.47. The van der Waals surface area contributed by atoms with E-state index in [1.165, 1.54) is 0 Å². The number of likely N-dealkylation sites (tertiary alicyclic amines) is 1. The number of benzene rings is 2. The van der Waals surface area contributed by atoms with Crippen molar-refractivity contribution in [3.63, 3.8) is 0 Å². The van der Waals surface area contributed by atoms with Crippen LogP contribution in [0.15, 0.2) is 42.5 Å². The van der Waals surface area contributed by atoms with Gasteiger partial charge in [0, 0.05) is 24.5 Å². The molecule has 1 aliphatic heterocycles. The van der Waals surface area contributed by atoms with Crippen LogP contribution in [-0.2, 0) is 11.2 Å². The van der Waals surface area contributed by atoms with E-state index in [9.17, 15) is 9.59 Å². The second-order valence-corrected chi connectivity index (χ2v) is 6.92. The highest BCUT2D eigenvalue weighted by Crippen LogP contribution is 2.24. The van der Waals surface area contributed by atoms with Gasteiger partial charge < -0.3 is 16.0 Å². The fourth-order valence-electron chi connectivity index (χ4n) is 3.06. The Morgan fingerprint density at radius 3 is 2.33 bits per heavy atom. The molecule has 27 heavy (non-hydrogen) atoms. The molecule has 3 rings (SSSR count). The molecule has 0 unspecified atom stereocenters. The summed E-state index contributed by atoms with van der Waals surface area (Å²) in [5, 5.41) is 3.16. The van der Waals surface area contributed by atoms with Gasteiger partial charge in [0.25, 0.3) is 5.91 Å². The second kappa shape index (κ2) is 9.62. The van der Waals surface area contributed by atoms with E-state index in [0.29, 0.717) is 22.0 Å². The van der Waals surface area contributed by atoms with Gasteiger partial charge in [0.1, 0.15) is 0 Å². The summed E-state index contributed by atoms with van der Waals surface area (Å²) in [5.74, 6) is -0.199. The summed E-state index contributed by atoms with van der Waals surface area (Å²) in [5.41, 5.74) is 8.23. The smallest absolute Gasteiger partial charge is 0.255 e. The zero-order valence-electron chi connectivity index (χ0n) is 14.9. The summed E-state index contributed by atoms with van der Waals surface area (Å²) >= 11 is 6.29. The van der Waals surface area contributed by atoms with Crippen LogP contribution in [0.3, 0.4) is 0 Å². The Morgan fingerprint density at radius 1 is 1.04 bits per heavy atom. The topological polar surface area (TPSA) is 75.4 Å². The Morgan fingerprint density at radius 2 is 1.70 bits per heavy atom. The maximum atomic E-state index is 12.6. The monoisotopic (exact) mass is 407 g/mol. The van der Waals surface area contributed by atoms with Gasteiger partial charge >= 0.3 is 0 Å². The summed E-state index contributed by atoms with van der Waals surface area (Å²) in [7, 11) is 0. The molecule has 0 aliphatic carbocycles. The van der Waals surface area contributed by atoms with E-state index in [1.807, 2.05) is 17.0 Å². The van der Waals surface area contributed by atoms with Crippen LogP contribution in [0.5, 0.6) is 0 Å². The molecule has 0 aromatic heterocycles. The highest BCUT2D eigenvalue weighted by molar-refractivity contribution is 6.34. The van der Waals surface area contributed by atoms with E-state index >= 15 is 0 Å². The number of carbonyl (C=O) groups is 2. The number of piperidine rings is 1. The fourth-order valence-corrected chi connectivity index (χ4v) is 3.32. The van der Waals surface area contributed by atoms with Gasteiger partial charge in [0.05, 0.1) is 17.0 Å². The molecule has 2 aromatic carbocycles. The molecule has 2 amide bonds. The Labute approximate surface area is 170 Å². The van der Waals surface area contributed by atoms with Gasteiger partial charge in [-0.05, 0) is 55.2 Å². The third kappa shape index (κ3) is 5.62. The van der Waals surface area contributed by atoms with E-state index in [-0.39, 0.29) is 30.6 Å². The summed E-state index contributed by atoms with van der Waals surface area (Å²) in [6.45, 7) is 1.55. The number of rotatable bonds is 4. The van der Waals surface area contributed by atoms with Gasteiger partial charge in [-0.15, -0.1) is 12.4 Å². The zero-order valence-corrected chi connectivity index (χ0v) is 16.5. The molecule has 1 saturated heterocycles. The van der Waals surface area contributed by atoms with Crippen molar-refractivity contribution in [2.24, 2.45) is 0 Å². The van der Waals surface area contributed by atoms with Crippen molar-refractivity contribution in [1.82, 2.24) is 4.90 Å². The molecule has 0 atom stereocenters. The molecule has 3 N–H and O–H groups in total. The van der Waals surface area contributed by atoms with Crippen molar-refractivity contribution in [1.29, 1.82) is 0 Å². The van der Waals surface area contributed by atoms with Crippen LogP contribution in [0.4, 0.5) is 11.4 Å². The van der Waals surface area contributed by atoms with Crippen LogP contribution in [0.25, 0.3) is 0 Å². The summed E-state index contributed by atoms with van der Waals surface area (Å²) < 4.78 is 0. The largest absolute Gasteiger partial charge is 0.399 e. The third-order valence-corrected chi connectivity index (χ3v) is 4.78. The number of hydrogen-bond acceptors (Lipinski definition) is 3. The Kier molecular flexibility index (Phi) is 7.51. The molecule has 1 heterocycles. The Bertz CT molecular complexity index is 803. The fraction of sp³-hybridized carbons (Fsp3) is 0.300. The molecule has 0 saturated carbocycles. The molecule has 1 fully saturated rings. The molecule has 1 aliphatic rings. The Hall–Kier alpha value is -2.24. The lowest BCUT2D eigenvalue weighted by atomic mass is 10.1. The first kappa shape index (κ1) is 21.1. The molecular weight excluding hydrogens is 385 g/mol. The summed E-state index contributed by atoms with van der Waals surface area (Å²) in [6.07, 6.45) is 3.47. The van der Waals surface area contributed by atoms with E-state index in [1.54, 1.807) is 30.3 Å². The quantitative estimate of drug-likeness (QED) is 0.747. The maximum absolute atomic E-state index is 12.6. The first-order valence-electron chi connectivity index (χ1n) is 8.76.